The molecule has 2 aliphatic carbocycles. The van der Waals surface area contributed by atoms with E-state index in [2.05, 4.69) is 31.2 Å². The molecular weight excluding hydrogens is 388 g/mol. The number of allylic oxidation sites excluding steroid dienone is 2. The minimum atomic E-state index is -4.54. The maximum absolute atomic E-state index is 13.8. The first-order valence-corrected chi connectivity index (χ1v) is 11.9. The standard InChI is InChI=1S/C26H36F4/c1-2-3-19-4-6-20(7-5-19)8-9-21-10-12-22(13-11-21)23-14-16-24(17-15-23)25(27)18-26(28,29)30/h4-7,18,21-24H,2-3,8-17H2,1H3/b25-18-. The fraction of sp³-hybridized carbons (Fsp3) is 0.692. The number of benzene rings is 1. The molecule has 2 fully saturated rings. The highest BCUT2D eigenvalue weighted by atomic mass is 19.4. The molecule has 0 aromatic heterocycles. The van der Waals surface area contributed by atoms with Crippen molar-refractivity contribution in [1.82, 2.24) is 0 Å². The summed E-state index contributed by atoms with van der Waals surface area (Å²) in [5, 5.41) is 0. The van der Waals surface area contributed by atoms with Gasteiger partial charge in [0.15, 0.2) is 0 Å². The van der Waals surface area contributed by atoms with Crippen LogP contribution in [0, 0.1) is 23.7 Å². The molecule has 1 aromatic rings. The lowest BCUT2D eigenvalue weighted by atomic mass is 9.68. The van der Waals surface area contributed by atoms with E-state index in [0.717, 1.165) is 31.6 Å². The summed E-state index contributed by atoms with van der Waals surface area (Å²) in [7, 11) is 0. The van der Waals surface area contributed by atoms with Crippen molar-refractivity contribution < 1.29 is 17.6 Å². The second-order valence-corrected chi connectivity index (χ2v) is 9.57. The molecule has 0 aliphatic heterocycles. The van der Waals surface area contributed by atoms with E-state index in [1.807, 2.05) is 0 Å². The molecule has 2 saturated carbocycles. The van der Waals surface area contributed by atoms with Crippen molar-refractivity contribution >= 4 is 0 Å². The predicted molar refractivity (Wildman–Crippen MR) is 115 cm³/mol. The molecule has 1 aromatic carbocycles. The van der Waals surface area contributed by atoms with Crippen molar-refractivity contribution in [2.75, 3.05) is 0 Å². The van der Waals surface area contributed by atoms with Gasteiger partial charge < -0.3 is 0 Å². The molecular formula is C26H36F4. The Hall–Kier alpha value is -1.32. The second kappa shape index (κ2) is 10.8. The summed E-state index contributed by atoms with van der Waals surface area (Å²) in [5.74, 6) is 0.563. The third-order valence-electron chi connectivity index (χ3n) is 7.42. The van der Waals surface area contributed by atoms with E-state index in [0.29, 0.717) is 24.7 Å². The maximum atomic E-state index is 13.8. The Labute approximate surface area is 179 Å². The van der Waals surface area contributed by atoms with Crippen molar-refractivity contribution in [2.45, 2.75) is 90.1 Å². The monoisotopic (exact) mass is 424 g/mol. The zero-order valence-electron chi connectivity index (χ0n) is 18.2. The minimum absolute atomic E-state index is 0.138. The summed E-state index contributed by atoms with van der Waals surface area (Å²) in [5.41, 5.74) is 2.86. The Morgan fingerprint density at radius 2 is 1.33 bits per heavy atom. The minimum Gasteiger partial charge on any atom is -0.212 e. The number of alkyl halides is 3. The third-order valence-corrected chi connectivity index (χ3v) is 7.42. The molecule has 2 aliphatic rings. The predicted octanol–water partition coefficient (Wildman–Crippen LogP) is 8.60. The van der Waals surface area contributed by atoms with E-state index in [-0.39, 0.29) is 6.08 Å². The van der Waals surface area contributed by atoms with E-state index < -0.39 is 17.9 Å². The normalized spacial score (nSPS) is 28.5. The first kappa shape index (κ1) is 23.3. The molecule has 0 bridgehead atoms. The fourth-order valence-electron chi connectivity index (χ4n) is 5.62. The summed E-state index contributed by atoms with van der Waals surface area (Å²) >= 11 is 0. The van der Waals surface area contributed by atoms with Crippen LogP contribution >= 0.6 is 0 Å². The van der Waals surface area contributed by atoms with Gasteiger partial charge in [-0.2, -0.15) is 13.2 Å². The van der Waals surface area contributed by atoms with Gasteiger partial charge >= 0.3 is 6.18 Å². The molecule has 0 saturated heterocycles. The van der Waals surface area contributed by atoms with Crippen LogP contribution in [0.15, 0.2) is 36.2 Å². The third kappa shape index (κ3) is 7.13. The van der Waals surface area contributed by atoms with E-state index in [9.17, 15) is 17.6 Å². The van der Waals surface area contributed by atoms with Gasteiger partial charge in [0, 0.05) is 5.92 Å². The maximum Gasteiger partial charge on any atom is 0.412 e. The quantitative estimate of drug-likeness (QED) is 0.384. The Morgan fingerprint density at radius 1 is 0.833 bits per heavy atom. The lowest BCUT2D eigenvalue weighted by molar-refractivity contribution is -0.0821. The molecule has 3 rings (SSSR count). The first-order valence-electron chi connectivity index (χ1n) is 11.9. The molecule has 0 nitrogen and oxygen atoms in total. The lowest BCUT2D eigenvalue weighted by Gasteiger charge is -2.37. The van der Waals surface area contributed by atoms with E-state index in [1.54, 1.807) is 0 Å². The SMILES string of the molecule is CCCc1ccc(CCC2CCC(C3CCC(/C(F)=C/C(F)(F)F)CC3)CC2)cc1. The molecule has 0 atom stereocenters. The lowest BCUT2D eigenvalue weighted by Crippen LogP contribution is -2.26. The Kier molecular flexibility index (Phi) is 8.42. The number of hydrogen-bond donors (Lipinski definition) is 0. The molecule has 168 valence electrons. The van der Waals surface area contributed by atoms with Crippen molar-refractivity contribution in [2.24, 2.45) is 23.7 Å². The first-order chi connectivity index (χ1) is 14.3. The van der Waals surface area contributed by atoms with Gasteiger partial charge in [-0.1, -0.05) is 50.5 Å². The van der Waals surface area contributed by atoms with Crippen molar-refractivity contribution in [3.63, 3.8) is 0 Å². The molecule has 0 N–H and O–H groups in total. The number of aryl methyl sites for hydroxylation is 2. The smallest absolute Gasteiger partial charge is 0.212 e. The summed E-state index contributed by atoms with van der Waals surface area (Å²) in [6.07, 6.45) is 7.94. The topological polar surface area (TPSA) is 0 Å². The van der Waals surface area contributed by atoms with Crippen LogP contribution < -0.4 is 0 Å². The van der Waals surface area contributed by atoms with Gasteiger partial charge in [0.1, 0.15) is 5.83 Å². The van der Waals surface area contributed by atoms with E-state index >= 15 is 0 Å². The Balaban J connectivity index is 1.37. The van der Waals surface area contributed by atoms with Gasteiger partial charge in [0.2, 0.25) is 0 Å². The summed E-state index contributed by atoms with van der Waals surface area (Å²) < 4.78 is 50.9. The molecule has 0 spiro atoms. The molecule has 0 radical (unpaired) electrons. The summed E-state index contributed by atoms with van der Waals surface area (Å²) in [6.45, 7) is 2.21. The zero-order chi connectivity index (χ0) is 21.6. The molecule has 0 unspecified atom stereocenters. The second-order valence-electron chi connectivity index (χ2n) is 9.57. The van der Waals surface area contributed by atoms with Gasteiger partial charge in [-0.05, 0) is 86.7 Å². The molecule has 30 heavy (non-hydrogen) atoms. The van der Waals surface area contributed by atoms with Crippen LogP contribution in [0.25, 0.3) is 0 Å². The van der Waals surface area contributed by atoms with Crippen molar-refractivity contribution in [1.29, 1.82) is 0 Å². The van der Waals surface area contributed by atoms with Crippen LogP contribution in [0.4, 0.5) is 17.6 Å². The zero-order valence-corrected chi connectivity index (χ0v) is 18.2. The highest BCUT2D eigenvalue weighted by Crippen LogP contribution is 2.44. The molecule has 0 heterocycles. The average molecular weight is 425 g/mol. The van der Waals surface area contributed by atoms with Crippen LogP contribution in [0.3, 0.4) is 0 Å². The highest BCUT2D eigenvalue weighted by molar-refractivity contribution is 5.22. The van der Waals surface area contributed by atoms with Crippen LogP contribution in [0.5, 0.6) is 0 Å². The van der Waals surface area contributed by atoms with Crippen LogP contribution in [-0.4, -0.2) is 6.18 Å². The average Bonchev–Trinajstić information content (AvgIpc) is 2.73. The van der Waals surface area contributed by atoms with Gasteiger partial charge in [-0.25, -0.2) is 4.39 Å². The van der Waals surface area contributed by atoms with E-state index in [1.165, 1.54) is 49.7 Å². The Morgan fingerprint density at radius 3 is 1.83 bits per heavy atom. The van der Waals surface area contributed by atoms with Gasteiger partial charge in [0.05, 0.1) is 6.08 Å². The number of halogens is 4. The number of rotatable bonds is 7. The highest BCUT2D eigenvalue weighted by Gasteiger charge is 2.34. The van der Waals surface area contributed by atoms with Gasteiger partial charge in [-0.15, -0.1) is 0 Å². The largest absolute Gasteiger partial charge is 0.412 e. The van der Waals surface area contributed by atoms with Gasteiger partial charge in [0.25, 0.3) is 0 Å². The number of hydrogen-bond acceptors (Lipinski definition) is 0. The summed E-state index contributed by atoms with van der Waals surface area (Å²) in [4.78, 5) is 0. The van der Waals surface area contributed by atoms with Crippen LogP contribution in [-0.2, 0) is 12.8 Å². The van der Waals surface area contributed by atoms with Crippen LogP contribution in [0.2, 0.25) is 0 Å². The van der Waals surface area contributed by atoms with Crippen molar-refractivity contribution in [3.05, 3.63) is 47.3 Å². The van der Waals surface area contributed by atoms with Gasteiger partial charge in [-0.3, -0.25) is 0 Å². The molecule has 4 heteroatoms. The summed E-state index contributed by atoms with van der Waals surface area (Å²) in [6, 6.07) is 9.08. The van der Waals surface area contributed by atoms with Crippen molar-refractivity contribution in [3.8, 4) is 0 Å². The fourth-order valence-corrected chi connectivity index (χ4v) is 5.62. The Bertz CT molecular complexity index is 657. The molecule has 0 amide bonds. The van der Waals surface area contributed by atoms with Crippen LogP contribution in [0.1, 0.15) is 82.3 Å². The van der Waals surface area contributed by atoms with E-state index in [4.69, 9.17) is 0 Å².